The van der Waals surface area contributed by atoms with Crippen LogP contribution in [-0.2, 0) is 15.6 Å². The molecule has 0 spiro atoms. The molecule has 1 amide bonds. The molecule has 4 nitrogen and oxygen atoms in total. The van der Waals surface area contributed by atoms with Gasteiger partial charge in [-0.25, -0.2) is 0 Å². The van der Waals surface area contributed by atoms with Gasteiger partial charge >= 0.3 is 0 Å². The van der Waals surface area contributed by atoms with Gasteiger partial charge < -0.3 is 10.6 Å². The van der Waals surface area contributed by atoms with E-state index >= 15 is 0 Å². The summed E-state index contributed by atoms with van der Waals surface area (Å²) in [7, 11) is -0.770. The van der Waals surface area contributed by atoms with Gasteiger partial charge in [-0.15, -0.1) is 0 Å². The van der Waals surface area contributed by atoms with E-state index in [0.29, 0.717) is 18.2 Å². The summed E-state index contributed by atoms with van der Waals surface area (Å²) in [5.74, 6) is 0.780. The fourth-order valence-electron chi connectivity index (χ4n) is 2.24. The van der Waals surface area contributed by atoms with Gasteiger partial charge in [0.1, 0.15) is 0 Å². The SMILES string of the molecule is CC(CCS(C)=O)NC(=O)CCC1CCCCN1. The van der Waals surface area contributed by atoms with E-state index < -0.39 is 10.8 Å². The Morgan fingerprint density at radius 1 is 1.50 bits per heavy atom. The van der Waals surface area contributed by atoms with Gasteiger partial charge in [0.15, 0.2) is 0 Å². The molecule has 0 bridgehead atoms. The fourth-order valence-corrected chi connectivity index (χ4v) is 2.92. The summed E-state index contributed by atoms with van der Waals surface area (Å²) in [6.45, 7) is 3.06. The first kappa shape index (κ1) is 15.6. The highest BCUT2D eigenvalue weighted by Crippen LogP contribution is 2.11. The maximum absolute atomic E-state index is 11.7. The molecule has 18 heavy (non-hydrogen) atoms. The van der Waals surface area contributed by atoms with Crippen LogP contribution in [0.1, 0.15) is 45.4 Å². The molecule has 1 aliphatic rings. The van der Waals surface area contributed by atoms with Crippen LogP contribution in [0.5, 0.6) is 0 Å². The maximum Gasteiger partial charge on any atom is 0.220 e. The number of carbonyl (C=O) groups excluding carboxylic acids is 1. The molecule has 0 saturated carbocycles. The van der Waals surface area contributed by atoms with Gasteiger partial charge in [0.2, 0.25) is 5.91 Å². The van der Waals surface area contributed by atoms with E-state index in [1.165, 1.54) is 19.3 Å². The summed E-state index contributed by atoms with van der Waals surface area (Å²) in [5, 5.41) is 6.42. The second kappa shape index (κ2) is 8.64. The molecule has 1 fully saturated rings. The minimum atomic E-state index is -0.770. The van der Waals surface area contributed by atoms with E-state index in [1.54, 1.807) is 6.26 Å². The highest BCUT2D eigenvalue weighted by atomic mass is 32.2. The third-order valence-electron chi connectivity index (χ3n) is 3.38. The van der Waals surface area contributed by atoms with Crippen molar-refractivity contribution in [2.75, 3.05) is 18.6 Å². The summed E-state index contributed by atoms with van der Waals surface area (Å²) >= 11 is 0. The van der Waals surface area contributed by atoms with Crippen molar-refractivity contribution in [2.45, 2.75) is 57.5 Å². The molecule has 0 aromatic carbocycles. The molecule has 1 heterocycles. The lowest BCUT2D eigenvalue weighted by Crippen LogP contribution is -2.37. The Hall–Kier alpha value is -0.420. The van der Waals surface area contributed by atoms with Gasteiger partial charge in [-0.1, -0.05) is 6.42 Å². The first-order chi connectivity index (χ1) is 8.58. The first-order valence-corrected chi connectivity index (χ1v) is 8.63. The first-order valence-electron chi connectivity index (χ1n) is 6.90. The molecule has 0 radical (unpaired) electrons. The molecule has 0 aromatic rings. The van der Waals surface area contributed by atoms with Gasteiger partial charge in [0.25, 0.3) is 0 Å². The smallest absolute Gasteiger partial charge is 0.220 e. The second-order valence-electron chi connectivity index (χ2n) is 5.22. The van der Waals surface area contributed by atoms with Crippen LogP contribution in [0.3, 0.4) is 0 Å². The predicted molar refractivity (Wildman–Crippen MR) is 76.0 cm³/mol. The number of carbonyl (C=O) groups is 1. The van der Waals surface area contributed by atoms with E-state index in [4.69, 9.17) is 0 Å². The molecule has 0 aromatic heterocycles. The number of hydrogen-bond donors (Lipinski definition) is 2. The van der Waals surface area contributed by atoms with Crippen molar-refractivity contribution < 1.29 is 9.00 Å². The molecule has 0 aliphatic carbocycles. The standard InChI is InChI=1S/C13H26N2O2S/c1-11(8-10-18(2)17)15-13(16)7-6-12-5-3-4-9-14-12/h11-12,14H,3-10H2,1-2H3,(H,15,16). The van der Waals surface area contributed by atoms with E-state index in [9.17, 15) is 9.00 Å². The third-order valence-corrected chi connectivity index (χ3v) is 4.19. The summed E-state index contributed by atoms with van der Waals surface area (Å²) in [6.07, 6.45) is 7.73. The summed E-state index contributed by atoms with van der Waals surface area (Å²) in [4.78, 5) is 11.7. The number of nitrogens with one attached hydrogen (secondary N) is 2. The minimum Gasteiger partial charge on any atom is -0.354 e. The number of rotatable bonds is 7. The van der Waals surface area contributed by atoms with E-state index in [1.807, 2.05) is 6.92 Å². The molecule has 3 unspecified atom stereocenters. The normalized spacial score (nSPS) is 23.3. The molecule has 1 aliphatic heterocycles. The van der Waals surface area contributed by atoms with Crippen molar-refractivity contribution >= 4 is 16.7 Å². The van der Waals surface area contributed by atoms with Crippen molar-refractivity contribution in [2.24, 2.45) is 0 Å². The average molecular weight is 274 g/mol. The lowest BCUT2D eigenvalue weighted by Gasteiger charge is -2.23. The molecule has 3 atom stereocenters. The van der Waals surface area contributed by atoms with Gasteiger partial charge in [-0.2, -0.15) is 0 Å². The van der Waals surface area contributed by atoms with Crippen molar-refractivity contribution in [3.8, 4) is 0 Å². The molecule has 5 heteroatoms. The van der Waals surface area contributed by atoms with Crippen molar-refractivity contribution in [3.63, 3.8) is 0 Å². The molecule has 1 saturated heterocycles. The lowest BCUT2D eigenvalue weighted by molar-refractivity contribution is -0.121. The zero-order valence-electron chi connectivity index (χ0n) is 11.5. The van der Waals surface area contributed by atoms with Crippen LogP contribution in [0, 0.1) is 0 Å². The molecule has 106 valence electrons. The highest BCUT2D eigenvalue weighted by Gasteiger charge is 2.14. The second-order valence-corrected chi connectivity index (χ2v) is 6.77. The van der Waals surface area contributed by atoms with Crippen LogP contribution in [0.25, 0.3) is 0 Å². The topological polar surface area (TPSA) is 58.2 Å². The van der Waals surface area contributed by atoms with E-state index in [0.717, 1.165) is 19.4 Å². The van der Waals surface area contributed by atoms with Gasteiger partial charge in [-0.05, 0) is 39.2 Å². The van der Waals surface area contributed by atoms with Crippen LogP contribution in [-0.4, -0.2) is 40.8 Å². The maximum atomic E-state index is 11.7. The number of hydrogen-bond acceptors (Lipinski definition) is 3. The number of amides is 1. The van der Waals surface area contributed by atoms with Crippen LogP contribution in [0.2, 0.25) is 0 Å². The Labute approximate surface area is 113 Å². The largest absolute Gasteiger partial charge is 0.354 e. The van der Waals surface area contributed by atoms with Crippen LogP contribution in [0.4, 0.5) is 0 Å². The summed E-state index contributed by atoms with van der Waals surface area (Å²) in [5.41, 5.74) is 0. The molecular weight excluding hydrogens is 248 g/mol. The Bertz CT molecular complexity index is 278. The van der Waals surface area contributed by atoms with Crippen molar-refractivity contribution in [1.82, 2.24) is 10.6 Å². The predicted octanol–water partition coefficient (Wildman–Crippen LogP) is 1.18. The van der Waals surface area contributed by atoms with E-state index in [-0.39, 0.29) is 11.9 Å². The van der Waals surface area contributed by atoms with E-state index in [2.05, 4.69) is 10.6 Å². The van der Waals surface area contributed by atoms with Gasteiger partial charge in [0.05, 0.1) is 0 Å². The van der Waals surface area contributed by atoms with Crippen molar-refractivity contribution in [3.05, 3.63) is 0 Å². The van der Waals surface area contributed by atoms with Crippen LogP contribution < -0.4 is 10.6 Å². The lowest BCUT2D eigenvalue weighted by atomic mass is 10.0. The van der Waals surface area contributed by atoms with Gasteiger partial charge in [-0.3, -0.25) is 9.00 Å². The zero-order chi connectivity index (χ0) is 13.4. The monoisotopic (exact) mass is 274 g/mol. The Balaban J connectivity index is 2.10. The third kappa shape index (κ3) is 7.11. The Morgan fingerprint density at radius 2 is 2.28 bits per heavy atom. The molecule has 1 rings (SSSR count). The highest BCUT2D eigenvalue weighted by molar-refractivity contribution is 7.84. The zero-order valence-corrected chi connectivity index (χ0v) is 12.4. The summed E-state index contributed by atoms with van der Waals surface area (Å²) in [6, 6.07) is 0.642. The Morgan fingerprint density at radius 3 is 2.89 bits per heavy atom. The average Bonchev–Trinajstić information content (AvgIpc) is 2.35. The Kier molecular flexibility index (Phi) is 7.51. The van der Waals surface area contributed by atoms with Crippen molar-refractivity contribution in [1.29, 1.82) is 0 Å². The summed E-state index contributed by atoms with van der Waals surface area (Å²) < 4.78 is 11.0. The van der Waals surface area contributed by atoms with Crippen LogP contribution in [0.15, 0.2) is 0 Å². The molecule has 2 N–H and O–H groups in total. The molecular formula is C13H26N2O2S. The minimum absolute atomic E-state index is 0.122. The fraction of sp³-hybridized carbons (Fsp3) is 0.923. The number of piperidine rings is 1. The van der Waals surface area contributed by atoms with Crippen LogP contribution >= 0.6 is 0 Å². The quantitative estimate of drug-likeness (QED) is 0.733. The van der Waals surface area contributed by atoms with Gasteiger partial charge in [0, 0.05) is 41.3 Å².